The number of nitrogens with one attached hydrogen (secondary N) is 1. The maximum Gasteiger partial charge on any atom is 0.266 e. The molecule has 1 heterocycles. The number of para-hydroxylation sites is 2. The van der Waals surface area contributed by atoms with E-state index in [2.05, 4.69) is 5.32 Å². The standard InChI is InChI=1S/C21H20N2O4S2/c1-3-23-20(25)17(29-21(23)28)12-14-8-7-11-16(26-2)19(14)27-13-18(24)22-15-9-5-4-6-10-15/h4-12H,3,13H2,1-2H3,(H,22,24). The van der Waals surface area contributed by atoms with E-state index in [1.807, 2.05) is 25.1 Å². The summed E-state index contributed by atoms with van der Waals surface area (Å²) in [7, 11) is 1.52. The average molecular weight is 429 g/mol. The summed E-state index contributed by atoms with van der Waals surface area (Å²) in [4.78, 5) is 26.8. The second-order valence-corrected chi connectivity index (χ2v) is 7.68. The molecule has 0 unspecified atom stereocenters. The van der Waals surface area contributed by atoms with Crippen molar-refractivity contribution < 1.29 is 19.1 Å². The normalized spacial score (nSPS) is 15.0. The number of thiocarbonyl (C=S) groups is 1. The third-order valence-electron chi connectivity index (χ3n) is 4.11. The SMILES string of the molecule is CCN1C(=O)C(=Cc2cccc(OC)c2OCC(=O)Nc2ccccc2)SC1=S. The first-order valence-corrected chi connectivity index (χ1v) is 10.2. The fraction of sp³-hybridized carbons (Fsp3) is 0.190. The van der Waals surface area contributed by atoms with Crippen LogP contribution in [0, 0.1) is 0 Å². The zero-order chi connectivity index (χ0) is 20.8. The lowest BCUT2D eigenvalue weighted by Crippen LogP contribution is -2.27. The van der Waals surface area contributed by atoms with Gasteiger partial charge in [-0.15, -0.1) is 0 Å². The Morgan fingerprint density at radius 2 is 1.97 bits per heavy atom. The van der Waals surface area contributed by atoms with Gasteiger partial charge >= 0.3 is 0 Å². The minimum atomic E-state index is -0.301. The third-order valence-corrected chi connectivity index (χ3v) is 5.49. The van der Waals surface area contributed by atoms with Crippen LogP contribution in [0.15, 0.2) is 53.4 Å². The van der Waals surface area contributed by atoms with E-state index in [0.717, 1.165) is 0 Å². The summed E-state index contributed by atoms with van der Waals surface area (Å²) in [6.07, 6.45) is 1.71. The number of hydrogen-bond donors (Lipinski definition) is 1. The average Bonchev–Trinajstić information content (AvgIpc) is 2.99. The molecule has 6 nitrogen and oxygen atoms in total. The number of nitrogens with zero attached hydrogens (tertiary/aromatic N) is 1. The summed E-state index contributed by atoms with van der Waals surface area (Å²) in [5.41, 5.74) is 1.32. The molecule has 1 saturated heterocycles. The first-order chi connectivity index (χ1) is 14.0. The summed E-state index contributed by atoms with van der Waals surface area (Å²) in [5.74, 6) is 0.417. The van der Waals surface area contributed by atoms with Crippen LogP contribution in [0.2, 0.25) is 0 Å². The Balaban J connectivity index is 1.80. The van der Waals surface area contributed by atoms with Gasteiger partial charge in [0.25, 0.3) is 11.8 Å². The first-order valence-electron chi connectivity index (χ1n) is 8.93. The molecule has 0 spiro atoms. The van der Waals surface area contributed by atoms with Crippen molar-refractivity contribution in [1.82, 2.24) is 4.90 Å². The van der Waals surface area contributed by atoms with Crippen molar-refractivity contribution >= 4 is 51.9 Å². The third kappa shape index (κ3) is 4.96. The van der Waals surface area contributed by atoms with E-state index in [0.29, 0.717) is 38.5 Å². The highest BCUT2D eigenvalue weighted by Gasteiger charge is 2.31. The van der Waals surface area contributed by atoms with Gasteiger partial charge in [0.2, 0.25) is 0 Å². The second-order valence-electron chi connectivity index (χ2n) is 6.01. The van der Waals surface area contributed by atoms with Crippen LogP contribution in [0.25, 0.3) is 6.08 Å². The molecule has 8 heteroatoms. The van der Waals surface area contributed by atoms with Crippen molar-refractivity contribution in [3.05, 3.63) is 59.0 Å². The quantitative estimate of drug-likeness (QED) is 0.532. The van der Waals surface area contributed by atoms with Gasteiger partial charge in [-0.25, -0.2) is 0 Å². The largest absolute Gasteiger partial charge is 0.493 e. The number of thioether (sulfide) groups is 1. The van der Waals surface area contributed by atoms with Crippen molar-refractivity contribution in [1.29, 1.82) is 0 Å². The van der Waals surface area contributed by atoms with Crippen molar-refractivity contribution in [2.24, 2.45) is 0 Å². The van der Waals surface area contributed by atoms with Gasteiger partial charge in [-0.2, -0.15) is 0 Å². The molecule has 29 heavy (non-hydrogen) atoms. The van der Waals surface area contributed by atoms with E-state index in [1.165, 1.54) is 18.9 Å². The van der Waals surface area contributed by atoms with E-state index in [1.54, 1.807) is 41.3 Å². The summed E-state index contributed by atoms with van der Waals surface area (Å²) in [5, 5.41) is 2.77. The van der Waals surface area contributed by atoms with Gasteiger partial charge in [0.1, 0.15) is 4.32 Å². The second kappa shape index (κ2) is 9.58. The maximum atomic E-state index is 12.5. The van der Waals surface area contributed by atoms with Crippen LogP contribution in [-0.4, -0.2) is 41.3 Å². The van der Waals surface area contributed by atoms with E-state index >= 15 is 0 Å². The van der Waals surface area contributed by atoms with Crippen molar-refractivity contribution in [2.45, 2.75) is 6.92 Å². The van der Waals surface area contributed by atoms with Gasteiger partial charge in [0, 0.05) is 17.8 Å². The van der Waals surface area contributed by atoms with Gasteiger partial charge < -0.3 is 14.8 Å². The number of methoxy groups -OCH3 is 1. The Bertz CT molecular complexity index is 960. The molecular formula is C21H20N2O4S2. The Labute approximate surface area is 178 Å². The number of likely N-dealkylation sites (N-methyl/N-ethyl adjacent to an activating group) is 1. The van der Waals surface area contributed by atoms with Gasteiger partial charge in [-0.05, 0) is 31.2 Å². The summed E-state index contributed by atoms with van der Waals surface area (Å²) >= 11 is 6.50. The smallest absolute Gasteiger partial charge is 0.266 e. The predicted molar refractivity (Wildman–Crippen MR) is 119 cm³/mol. The van der Waals surface area contributed by atoms with Crippen LogP contribution >= 0.6 is 24.0 Å². The van der Waals surface area contributed by atoms with E-state index < -0.39 is 0 Å². The molecule has 2 aromatic rings. The molecule has 0 aliphatic carbocycles. The highest BCUT2D eigenvalue weighted by atomic mass is 32.2. The predicted octanol–water partition coefficient (Wildman–Crippen LogP) is 3.93. The lowest BCUT2D eigenvalue weighted by Gasteiger charge is -2.14. The number of benzene rings is 2. The van der Waals surface area contributed by atoms with Crippen molar-refractivity contribution in [3.8, 4) is 11.5 Å². The van der Waals surface area contributed by atoms with Gasteiger partial charge in [0.05, 0.1) is 12.0 Å². The van der Waals surface area contributed by atoms with Gasteiger partial charge in [-0.1, -0.05) is 54.3 Å². The number of rotatable bonds is 7. The number of anilines is 1. The molecule has 1 N–H and O–H groups in total. The summed E-state index contributed by atoms with van der Waals surface area (Å²) < 4.78 is 11.7. The minimum absolute atomic E-state index is 0.141. The monoisotopic (exact) mass is 428 g/mol. The molecule has 0 aromatic heterocycles. The first kappa shape index (κ1) is 20.9. The lowest BCUT2D eigenvalue weighted by molar-refractivity contribution is -0.122. The summed E-state index contributed by atoms with van der Waals surface area (Å²) in [6.45, 7) is 2.19. The zero-order valence-corrected chi connectivity index (χ0v) is 17.6. The Hall–Kier alpha value is -2.84. The lowest BCUT2D eigenvalue weighted by atomic mass is 10.1. The van der Waals surface area contributed by atoms with Crippen LogP contribution in [-0.2, 0) is 9.59 Å². The molecule has 0 atom stereocenters. The van der Waals surface area contributed by atoms with Crippen molar-refractivity contribution in [2.75, 3.05) is 25.6 Å². The van der Waals surface area contributed by atoms with Gasteiger partial charge in [-0.3, -0.25) is 14.5 Å². The highest BCUT2D eigenvalue weighted by molar-refractivity contribution is 8.26. The molecular weight excluding hydrogens is 408 g/mol. The molecule has 150 valence electrons. The van der Waals surface area contributed by atoms with E-state index in [9.17, 15) is 9.59 Å². The minimum Gasteiger partial charge on any atom is -0.493 e. The molecule has 0 radical (unpaired) electrons. The van der Waals surface area contributed by atoms with Crippen LogP contribution < -0.4 is 14.8 Å². The Morgan fingerprint density at radius 3 is 2.62 bits per heavy atom. The maximum absolute atomic E-state index is 12.5. The van der Waals surface area contributed by atoms with Crippen molar-refractivity contribution in [3.63, 3.8) is 0 Å². The number of carbonyl (C=O) groups excluding carboxylic acids is 2. The molecule has 1 aliphatic rings. The number of ether oxygens (including phenoxy) is 2. The fourth-order valence-corrected chi connectivity index (χ4v) is 4.11. The van der Waals surface area contributed by atoms with Gasteiger partial charge in [0.15, 0.2) is 18.1 Å². The molecule has 1 aliphatic heterocycles. The summed E-state index contributed by atoms with van der Waals surface area (Å²) in [6, 6.07) is 14.5. The van der Waals surface area contributed by atoms with Crippen LogP contribution in [0.1, 0.15) is 12.5 Å². The Kier molecular flexibility index (Phi) is 6.90. The fourth-order valence-electron chi connectivity index (χ4n) is 2.73. The molecule has 0 bridgehead atoms. The number of hydrogen-bond acceptors (Lipinski definition) is 6. The topological polar surface area (TPSA) is 67.9 Å². The van der Waals surface area contributed by atoms with Crippen LogP contribution in [0.3, 0.4) is 0 Å². The molecule has 1 fully saturated rings. The highest BCUT2D eigenvalue weighted by Crippen LogP contribution is 2.37. The Morgan fingerprint density at radius 1 is 1.21 bits per heavy atom. The molecule has 2 aromatic carbocycles. The number of carbonyl (C=O) groups is 2. The van der Waals surface area contributed by atoms with E-state index in [-0.39, 0.29) is 18.4 Å². The molecule has 3 rings (SSSR count). The van der Waals surface area contributed by atoms with Crippen LogP contribution in [0.4, 0.5) is 5.69 Å². The molecule has 0 saturated carbocycles. The van der Waals surface area contributed by atoms with E-state index in [4.69, 9.17) is 21.7 Å². The number of amides is 2. The molecule has 2 amide bonds. The van der Waals surface area contributed by atoms with Crippen LogP contribution in [0.5, 0.6) is 11.5 Å². The zero-order valence-electron chi connectivity index (χ0n) is 16.0.